The van der Waals surface area contributed by atoms with E-state index in [9.17, 15) is 0 Å². The largest absolute Gasteiger partial charge is 0.278 e. The van der Waals surface area contributed by atoms with Gasteiger partial charge in [-0.2, -0.15) is 5.10 Å². The Morgan fingerprint density at radius 2 is 1.84 bits per heavy atom. The molecule has 5 rings (SSSR count). The molecule has 2 aliphatic carbocycles. The maximum atomic E-state index is 4.74. The Morgan fingerprint density at radius 3 is 2.58 bits per heavy atom. The van der Waals surface area contributed by atoms with Gasteiger partial charge in [0.2, 0.25) is 0 Å². The molecule has 0 radical (unpaired) electrons. The van der Waals surface area contributed by atoms with Gasteiger partial charge < -0.3 is 0 Å². The number of rotatable bonds is 2. The summed E-state index contributed by atoms with van der Waals surface area (Å²) in [4.78, 5) is 0. The molecule has 0 unspecified atom stereocenters. The number of fused-ring (bicyclic) bond motifs is 3. The van der Waals surface area contributed by atoms with E-state index in [1.54, 1.807) is 0 Å². The highest BCUT2D eigenvalue weighted by atomic mass is 32.2. The van der Waals surface area contributed by atoms with Crippen LogP contribution in [0, 0.1) is 11.8 Å². The van der Waals surface area contributed by atoms with Crippen LogP contribution in [0.1, 0.15) is 42.9 Å². The van der Waals surface area contributed by atoms with E-state index in [0.29, 0.717) is 10.8 Å². The fourth-order valence-corrected chi connectivity index (χ4v) is 6.09. The second-order valence-corrected chi connectivity index (χ2v) is 7.65. The summed E-state index contributed by atoms with van der Waals surface area (Å²) in [5.74, 6) is 2.98. The molecule has 2 saturated carbocycles. The molecular weight excluding hydrogens is 252 g/mol. The molecule has 2 heterocycles. The summed E-state index contributed by atoms with van der Waals surface area (Å²) in [5, 5.41) is 7.10. The molecule has 2 nitrogen and oxygen atoms in total. The molecule has 0 amide bonds. The molecule has 4 aliphatic rings. The minimum Gasteiger partial charge on any atom is -0.278 e. The van der Waals surface area contributed by atoms with Gasteiger partial charge in [0.15, 0.2) is 0 Å². The number of hydrogen-bond donors (Lipinski definition) is 0. The van der Waals surface area contributed by atoms with Crippen molar-refractivity contribution in [3.63, 3.8) is 0 Å². The van der Waals surface area contributed by atoms with Crippen LogP contribution in [0.2, 0.25) is 0 Å². The first-order valence-corrected chi connectivity index (χ1v) is 8.41. The maximum Gasteiger partial charge on any atom is 0.0888 e. The Labute approximate surface area is 118 Å². The Morgan fingerprint density at radius 1 is 1.11 bits per heavy atom. The smallest absolute Gasteiger partial charge is 0.0888 e. The number of hydrazone groups is 1. The van der Waals surface area contributed by atoms with Gasteiger partial charge in [-0.3, -0.25) is 5.01 Å². The van der Waals surface area contributed by atoms with Gasteiger partial charge in [0, 0.05) is 4.75 Å². The lowest BCUT2D eigenvalue weighted by Crippen LogP contribution is -2.40. The minimum absolute atomic E-state index is 0.480. The van der Waals surface area contributed by atoms with E-state index in [0.717, 1.165) is 17.7 Å². The lowest BCUT2D eigenvalue weighted by atomic mass is 9.81. The third-order valence-electron chi connectivity index (χ3n) is 5.24. The quantitative estimate of drug-likeness (QED) is 0.815. The zero-order valence-corrected chi connectivity index (χ0v) is 11.8. The first-order valence-electron chi connectivity index (χ1n) is 7.43. The molecule has 1 saturated heterocycles. The summed E-state index contributed by atoms with van der Waals surface area (Å²) < 4.78 is 0.480. The molecular formula is C16H18N2S. The van der Waals surface area contributed by atoms with Crippen LogP contribution < -0.4 is 0 Å². The summed E-state index contributed by atoms with van der Waals surface area (Å²) in [7, 11) is 0. The zero-order chi connectivity index (χ0) is 12.4. The predicted octanol–water partition coefficient (Wildman–Crippen LogP) is 3.64. The Bertz CT molecular complexity index is 548. The highest BCUT2D eigenvalue weighted by Gasteiger charge is 2.64. The fraction of sp³-hybridized carbons (Fsp3) is 0.562. The lowest BCUT2D eigenvalue weighted by molar-refractivity contribution is 0.189. The van der Waals surface area contributed by atoms with Crippen molar-refractivity contribution in [2.75, 3.05) is 5.88 Å². The van der Waals surface area contributed by atoms with E-state index < -0.39 is 0 Å². The monoisotopic (exact) mass is 270 g/mol. The van der Waals surface area contributed by atoms with Crippen molar-refractivity contribution in [2.45, 2.75) is 36.5 Å². The minimum atomic E-state index is 0.480. The molecule has 0 N–H and O–H groups in total. The van der Waals surface area contributed by atoms with Gasteiger partial charge in [0.25, 0.3) is 0 Å². The molecule has 3 heteroatoms. The van der Waals surface area contributed by atoms with Gasteiger partial charge in [0.1, 0.15) is 0 Å². The highest BCUT2D eigenvalue weighted by molar-refractivity contribution is 8.00. The van der Waals surface area contributed by atoms with Crippen molar-refractivity contribution in [3.05, 3.63) is 35.4 Å². The normalized spacial score (nSPS) is 31.2. The van der Waals surface area contributed by atoms with Crippen LogP contribution >= 0.6 is 11.8 Å². The van der Waals surface area contributed by atoms with E-state index in [4.69, 9.17) is 5.10 Å². The second-order valence-electron chi connectivity index (χ2n) is 6.39. The molecule has 1 aromatic rings. The van der Waals surface area contributed by atoms with Crippen LogP contribution in [-0.2, 0) is 0 Å². The average Bonchev–Trinajstić information content (AvgIpc) is 3.36. The number of benzene rings is 1. The SMILES string of the molecule is C1=NN2CSC(C3CC3)(C3CC3)[C@@H]2c2ccccc21. The van der Waals surface area contributed by atoms with Gasteiger partial charge >= 0.3 is 0 Å². The highest BCUT2D eigenvalue weighted by Crippen LogP contribution is 2.68. The van der Waals surface area contributed by atoms with Crippen LogP contribution in [0.15, 0.2) is 29.4 Å². The molecule has 19 heavy (non-hydrogen) atoms. The maximum absolute atomic E-state index is 4.74. The molecule has 0 spiro atoms. The van der Waals surface area contributed by atoms with Crippen molar-refractivity contribution in [2.24, 2.45) is 16.9 Å². The fourth-order valence-electron chi connectivity index (χ4n) is 4.17. The Kier molecular flexibility index (Phi) is 2.03. The van der Waals surface area contributed by atoms with E-state index in [-0.39, 0.29) is 0 Å². The first kappa shape index (κ1) is 10.8. The van der Waals surface area contributed by atoms with E-state index in [1.807, 2.05) is 0 Å². The third kappa shape index (κ3) is 1.37. The number of thioether (sulfide) groups is 1. The van der Waals surface area contributed by atoms with E-state index >= 15 is 0 Å². The van der Waals surface area contributed by atoms with Gasteiger partial charge in [-0.1, -0.05) is 24.3 Å². The molecule has 0 aromatic heterocycles. The number of hydrogen-bond acceptors (Lipinski definition) is 3. The van der Waals surface area contributed by atoms with Crippen molar-refractivity contribution >= 4 is 18.0 Å². The third-order valence-corrected chi connectivity index (χ3v) is 7.02. The van der Waals surface area contributed by atoms with Gasteiger partial charge in [-0.15, -0.1) is 11.8 Å². The van der Waals surface area contributed by atoms with Crippen molar-refractivity contribution in [3.8, 4) is 0 Å². The molecule has 1 aromatic carbocycles. The zero-order valence-electron chi connectivity index (χ0n) is 11.0. The average molecular weight is 270 g/mol. The first-order chi connectivity index (χ1) is 9.39. The lowest BCUT2D eigenvalue weighted by Gasteiger charge is -2.39. The summed E-state index contributed by atoms with van der Waals surface area (Å²) in [6, 6.07) is 9.44. The molecule has 3 fully saturated rings. The van der Waals surface area contributed by atoms with Gasteiger partial charge in [0.05, 0.1) is 18.1 Å². The van der Waals surface area contributed by atoms with Crippen LogP contribution in [0.4, 0.5) is 0 Å². The van der Waals surface area contributed by atoms with Crippen LogP contribution in [0.5, 0.6) is 0 Å². The number of nitrogens with zero attached hydrogens (tertiary/aromatic N) is 2. The summed E-state index contributed by atoms with van der Waals surface area (Å²) in [6.07, 6.45) is 7.83. The summed E-state index contributed by atoms with van der Waals surface area (Å²) >= 11 is 2.21. The van der Waals surface area contributed by atoms with Gasteiger partial charge in [-0.05, 0) is 48.6 Å². The standard InChI is InChI=1S/C16H18N2S/c1-2-4-14-11(3-1)9-17-18-10-19-16(15(14)18,12-5-6-12)13-7-8-13/h1-4,9,12-13,15H,5-8,10H2/t15-/m0/s1. The molecule has 1 atom stereocenters. The van der Waals surface area contributed by atoms with Crippen LogP contribution in [0.25, 0.3) is 0 Å². The molecule has 98 valence electrons. The Balaban J connectivity index is 1.68. The van der Waals surface area contributed by atoms with Crippen molar-refractivity contribution in [1.29, 1.82) is 0 Å². The topological polar surface area (TPSA) is 15.6 Å². The predicted molar refractivity (Wildman–Crippen MR) is 79.3 cm³/mol. The second kappa shape index (κ2) is 3.57. The molecule has 2 aliphatic heterocycles. The van der Waals surface area contributed by atoms with Crippen LogP contribution in [0.3, 0.4) is 0 Å². The van der Waals surface area contributed by atoms with Crippen LogP contribution in [-0.4, -0.2) is 21.8 Å². The van der Waals surface area contributed by atoms with Gasteiger partial charge in [-0.25, -0.2) is 0 Å². The summed E-state index contributed by atoms with van der Waals surface area (Å²) in [5.41, 5.74) is 2.87. The van der Waals surface area contributed by atoms with E-state index in [1.165, 1.54) is 36.8 Å². The summed E-state index contributed by atoms with van der Waals surface area (Å²) in [6.45, 7) is 0. The van der Waals surface area contributed by atoms with Crippen molar-refractivity contribution < 1.29 is 0 Å². The molecule has 0 bridgehead atoms. The van der Waals surface area contributed by atoms with Crippen molar-refractivity contribution in [1.82, 2.24) is 5.01 Å². The Hall–Kier alpha value is -0.960. The van der Waals surface area contributed by atoms with E-state index in [2.05, 4.69) is 47.3 Å².